The maximum absolute atomic E-state index is 13.7. The summed E-state index contributed by atoms with van der Waals surface area (Å²) >= 11 is 0. The number of Topliss-reactive ketones (excluding diaryl/α,β-unsaturated/α-hetero) is 4. The van der Waals surface area contributed by atoms with Crippen LogP contribution in [-0.2, 0) is 0 Å². The minimum absolute atomic E-state index is 0.368. The van der Waals surface area contributed by atoms with Gasteiger partial charge in [-0.15, -0.1) is 0 Å². The van der Waals surface area contributed by atoms with Gasteiger partial charge in [-0.2, -0.15) is 0 Å². The molecule has 0 heterocycles. The van der Waals surface area contributed by atoms with Gasteiger partial charge in [0.05, 0.1) is 0 Å². The van der Waals surface area contributed by atoms with Crippen molar-refractivity contribution >= 4 is 44.7 Å². The molecule has 0 fully saturated rings. The zero-order valence-corrected chi connectivity index (χ0v) is 24.5. The summed E-state index contributed by atoms with van der Waals surface area (Å²) in [6.45, 7) is 7.69. The van der Waals surface area contributed by atoms with Crippen molar-refractivity contribution in [2.75, 3.05) is 0 Å². The predicted molar refractivity (Wildman–Crippen MR) is 165 cm³/mol. The van der Waals surface area contributed by atoms with E-state index in [0.29, 0.717) is 22.3 Å². The van der Waals surface area contributed by atoms with Crippen LogP contribution in [-0.4, -0.2) is 33.6 Å². The van der Waals surface area contributed by atoms with Gasteiger partial charge >= 0.3 is 0 Å². The summed E-state index contributed by atoms with van der Waals surface area (Å²) in [5.41, 5.74) is 5.57. The molecule has 4 nitrogen and oxygen atoms in total. The Morgan fingerprint density at radius 1 is 0.375 bits per heavy atom. The summed E-state index contributed by atoms with van der Waals surface area (Å²) in [5.74, 6) is -1.47. The lowest BCUT2D eigenvalue weighted by atomic mass is 9.99. The second kappa shape index (κ2) is 13.1. The van der Waals surface area contributed by atoms with Crippen molar-refractivity contribution < 1.29 is 19.2 Å². The lowest BCUT2D eigenvalue weighted by Gasteiger charge is -2.19. The number of carbonyl (C=O) groups is 4. The van der Waals surface area contributed by atoms with Crippen LogP contribution in [0.4, 0.5) is 0 Å². The molecular formula is C34H30O4S2. The fourth-order valence-electron chi connectivity index (χ4n) is 4.00. The molecule has 0 spiro atoms. The molecule has 202 valence electrons. The Labute approximate surface area is 243 Å². The number of aryl methyl sites for hydroxylation is 4. The van der Waals surface area contributed by atoms with Crippen LogP contribution < -0.4 is 0 Å². The second-order valence-electron chi connectivity index (χ2n) is 9.87. The summed E-state index contributed by atoms with van der Waals surface area (Å²) in [7, 11) is 1.94. The van der Waals surface area contributed by atoms with Gasteiger partial charge in [0, 0.05) is 22.3 Å². The van der Waals surface area contributed by atoms with Crippen LogP contribution >= 0.6 is 21.6 Å². The van der Waals surface area contributed by atoms with E-state index in [9.17, 15) is 19.2 Å². The van der Waals surface area contributed by atoms with Crippen molar-refractivity contribution in [2.45, 2.75) is 38.2 Å². The first kappa shape index (κ1) is 29.2. The molecule has 4 rings (SSSR count). The maximum atomic E-state index is 13.7. The highest BCUT2D eigenvalue weighted by atomic mass is 33.1. The molecule has 0 saturated carbocycles. The molecule has 4 aromatic carbocycles. The normalized spacial score (nSPS) is 11.1. The zero-order chi connectivity index (χ0) is 28.8. The monoisotopic (exact) mass is 566 g/mol. The van der Waals surface area contributed by atoms with E-state index in [1.54, 1.807) is 48.5 Å². The Morgan fingerprint density at radius 3 is 0.725 bits per heavy atom. The van der Waals surface area contributed by atoms with Gasteiger partial charge in [-0.3, -0.25) is 19.2 Å². The number of hydrogen-bond acceptors (Lipinski definition) is 6. The Hall–Kier alpha value is -3.74. The van der Waals surface area contributed by atoms with E-state index < -0.39 is 10.5 Å². The fraction of sp³-hybridized carbons (Fsp3) is 0.176. The lowest BCUT2D eigenvalue weighted by Crippen LogP contribution is -2.30. The number of rotatable bonds is 11. The van der Waals surface area contributed by atoms with E-state index in [2.05, 4.69) is 0 Å². The van der Waals surface area contributed by atoms with Crippen LogP contribution in [0.5, 0.6) is 0 Å². The summed E-state index contributed by atoms with van der Waals surface area (Å²) < 4.78 is 0. The van der Waals surface area contributed by atoms with Crippen molar-refractivity contribution in [1.82, 2.24) is 0 Å². The molecule has 40 heavy (non-hydrogen) atoms. The average molecular weight is 567 g/mol. The molecule has 4 aromatic rings. The average Bonchev–Trinajstić information content (AvgIpc) is 2.96. The first-order valence-corrected chi connectivity index (χ1v) is 15.2. The van der Waals surface area contributed by atoms with E-state index in [-0.39, 0.29) is 23.1 Å². The van der Waals surface area contributed by atoms with Gasteiger partial charge in [0.15, 0.2) is 23.1 Å². The SMILES string of the molecule is Cc1ccc(C(=O)C(SSC(C(=O)c2ccc(C)cc2)C(=O)c2ccc(C)cc2)C(=O)c2ccc(C)cc2)cc1. The summed E-state index contributed by atoms with van der Waals surface area (Å²) in [6.07, 6.45) is 0. The molecule has 0 aliphatic heterocycles. The lowest BCUT2D eigenvalue weighted by molar-refractivity contribution is 0.0886. The van der Waals surface area contributed by atoms with E-state index in [1.807, 2.05) is 76.2 Å². The van der Waals surface area contributed by atoms with Gasteiger partial charge in [-0.25, -0.2) is 0 Å². The van der Waals surface area contributed by atoms with Crippen LogP contribution in [0.1, 0.15) is 63.7 Å². The number of hydrogen-bond donors (Lipinski definition) is 0. The minimum Gasteiger partial charge on any atom is -0.292 e. The third kappa shape index (κ3) is 7.06. The van der Waals surface area contributed by atoms with Crippen LogP contribution in [0, 0.1) is 27.7 Å². The topological polar surface area (TPSA) is 68.3 Å². The van der Waals surface area contributed by atoms with Crippen LogP contribution in [0.2, 0.25) is 0 Å². The molecule has 0 atom stereocenters. The molecule has 0 bridgehead atoms. The van der Waals surface area contributed by atoms with Crippen LogP contribution in [0.3, 0.4) is 0 Å². The fourth-order valence-corrected chi connectivity index (χ4v) is 6.83. The number of ketones is 4. The van der Waals surface area contributed by atoms with E-state index in [4.69, 9.17) is 0 Å². The van der Waals surface area contributed by atoms with Gasteiger partial charge in [0.1, 0.15) is 10.5 Å². The molecule has 0 radical (unpaired) electrons. The van der Waals surface area contributed by atoms with E-state index in [1.165, 1.54) is 0 Å². The molecular weight excluding hydrogens is 537 g/mol. The second-order valence-corrected chi connectivity index (χ2v) is 12.4. The molecule has 0 unspecified atom stereocenters. The largest absolute Gasteiger partial charge is 0.292 e. The molecule has 0 saturated heterocycles. The maximum Gasteiger partial charge on any atom is 0.184 e. The third-order valence-electron chi connectivity index (χ3n) is 6.54. The first-order chi connectivity index (χ1) is 19.1. The molecule has 0 aliphatic carbocycles. The Morgan fingerprint density at radius 2 is 0.550 bits per heavy atom. The number of carbonyl (C=O) groups excluding carboxylic acids is 4. The Kier molecular flexibility index (Phi) is 9.56. The summed E-state index contributed by atoms with van der Waals surface area (Å²) in [5, 5.41) is -2.29. The molecule has 0 amide bonds. The third-order valence-corrected chi connectivity index (χ3v) is 9.39. The van der Waals surface area contributed by atoms with Gasteiger partial charge in [0.25, 0.3) is 0 Å². The highest BCUT2D eigenvalue weighted by molar-refractivity contribution is 8.77. The van der Waals surface area contributed by atoms with Crippen LogP contribution in [0.15, 0.2) is 97.1 Å². The zero-order valence-electron chi connectivity index (χ0n) is 22.8. The highest BCUT2D eigenvalue weighted by Gasteiger charge is 2.35. The predicted octanol–water partition coefficient (Wildman–Crippen LogP) is 7.87. The van der Waals surface area contributed by atoms with Crippen molar-refractivity contribution in [3.63, 3.8) is 0 Å². The van der Waals surface area contributed by atoms with Gasteiger partial charge in [0.2, 0.25) is 0 Å². The Balaban J connectivity index is 1.69. The molecule has 0 aliphatic rings. The smallest absolute Gasteiger partial charge is 0.184 e. The van der Waals surface area contributed by atoms with Crippen molar-refractivity contribution in [3.05, 3.63) is 142 Å². The molecule has 0 aromatic heterocycles. The summed E-state index contributed by atoms with van der Waals surface area (Å²) in [4.78, 5) is 54.7. The standard InChI is InChI=1S/C34H30O4S2/c1-21-5-13-25(14-6-21)29(35)33(30(36)26-15-7-22(2)8-16-26)39-40-34(31(37)27-17-9-23(3)10-18-27)32(38)28-19-11-24(4)12-20-28/h5-20,33-34H,1-4H3. The molecule has 6 heteroatoms. The van der Waals surface area contributed by atoms with Crippen molar-refractivity contribution in [1.29, 1.82) is 0 Å². The van der Waals surface area contributed by atoms with Crippen molar-refractivity contribution in [2.24, 2.45) is 0 Å². The van der Waals surface area contributed by atoms with Gasteiger partial charge in [-0.1, -0.05) is 141 Å². The Bertz CT molecular complexity index is 1290. The van der Waals surface area contributed by atoms with Crippen LogP contribution in [0.25, 0.3) is 0 Å². The number of benzene rings is 4. The van der Waals surface area contributed by atoms with Gasteiger partial charge < -0.3 is 0 Å². The van der Waals surface area contributed by atoms with E-state index in [0.717, 1.165) is 43.8 Å². The van der Waals surface area contributed by atoms with Crippen molar-refractivity contribution in [3.8, 4) is 0 Å². The van der Waals surface area contributed by atoms with Gasteiger partial charge in [-0.05, 0) is 27.7 Å². The first-order valence-electron chi connectivity index (χ1n) is 12.9. The highest BCUT2D eigenvalue weighted by Crippen LogP contribution is 2.37. The quantitative estimate of drug-likeness (QED) is 0.105. The molecule has 0 N–H and O–H groups in total. The minimum atomic E-state index is -1.14. The van der Waals surface area contributed by atoms with E-state index >= 15 is 0 Å². The summed E-state index contributed by atoms with van der Waals surface area (Å²) in [6, 6.07) is 28.2.